The van der Waals surface area contributed by atoms with Crippen molar-refractivity contribution < 1.29 is 14.7 Å². The Balaban J connectivity index is 1.65. The van der Waals surface area contributed by atoms with E-state index in [1.54, 1.807) is 16.2 Å². The summed E-state index contributed by atoms with van der Waals surface area (Å²) in [4.78, 5) is 33.1. The fourth-order valence-corrected chi connectivity index (χ4v) is 5.14. The molecule has 1 saturated heterocycles. The number of aromatic nitrogens is 1. The number of aliphatic hydroxyl groups is 1. The first-order valence-electron chi connectivity index (χ1n) is 10.9. The molecule has 0 radical (unpaired) electrons. The first-order chi connectivity index (χ1) is 14.6. The number of β-amino-alcohol motifs (C(OH)–C–C–N with tert-alkyl or cyclic N) is 1. The van der Waals surface area contributed by atoms with Gasteiger partial charge in [-0.25, -0.2) is 4.98 Å². The molecular weight excluding hydrogens is 410 g/mol. The SMILES string of the molecule is CC[C@H](C(=O)N1C[C@H](O)C[C@H]1C(=O)NCc1ccc(-c2scnc2C)cc1)C(C)(C)C. The van der Waals surface area contributed by atoms with E-state index in [2.05, 4.69) is 10.3 Å². The second kappa shape index (κ2) is 9.49. The average molecular weight is 444 g/mol. The predicted molar refractivity (Wildman–Crippen MR) is 123 cm³/mol. The predicted octanol–water partition coefficient (Wildman–Crippen LogP) is 3.77. The molecule has 2 aromatic rings. The summed E-state index contributed by atoms with van der Waals surface area (Å²) in [6.07, 6.45) is 0.315. The lowest BCUT2D eigenvalue weighted by atomic mass is 9.78. The summed E-state index contributed by atoms with van der Waals surface area (Å²) in [6, 6.07) is 7.43. The van der Waals surface area contributed by atoms with Crippen molar-refractivity contribution in [1.82, 2.24) is 15.2 Å². The Hall–Kier alpha value is -2.25. The molecule has 3 rings (SSSR count). The van der Waals surface area contributed by atoms with E-state index < -0.39 is 12.1 Å². The highest BCUT2D eigenvalue weighted by Gasteiger charge is 2.43. The monoisotopic (exact) mass is 443 g/mol. The van der Waals surface area contributed by atoms with E-state index in [1.807, 2.05) is 64.4 Å². The van der Waals surface area contributed by atoms with Gasteiger partial charge in [0, 0.05) is 25.4 Å². The first kappa shape index (κ1) is 23.4. The Morgan fingerprint density at radius 1 is 1.29 bits per heavy atom. The van der Waals surface area contributed by atoms with Gasteiger partial charge in [0.05, 0.1) is 22.2 Å². The third-order valence-corrected chi connectivity index (χ3v) is 7.02. The molecule has 1 aliphatic rings. The van der Waals surface area contributed by atoms with Crippen LogP contribution in [0.1, 0.15) is 51.8 Å². The van der Waals surface area contributed by atoms with E-state index in [9.17, 15) is 14.7 Å². The highest BCUT2D eigenvalue weighted by molar-refractivity contribution is 7.13. The molecule has 3 atom stereocenters. The van der Waals surface area contributed by atoms with Gasteiger partial charge in [0.1, 0.15) is 6.04 Å². The van der Waals surface area contributed by atoms with Crippen molar-refractivity contribution in [3.63, 3.8) is 0 Å². The Morgan fingerprint density at radius 3 is 2.52 bits per heavy atom. The standard InChI is InChI=1S/C24H33N3O3S/c1-6-19(24(3,4)5)23(30)27-13-18(28)11-20(27)22(29)25-12-16-7-9-17(10-8-16)21-15(2)26-14-31-21/h7-10,14,18-20,28H,6,11-13H2,1-5H3,(H,25,29)/t18-,19-,20+/m1/s1. The van der Waals surface area contributed by atoms with Crippen molar-refractivity contribution in [3.8, 4) is 10.4 Å². The highest BCUT2D eigenvalue weighted by Crippen LogP contribution is 2.33. The Bertz CT molecular complexity index is 917. The van der Waals surface area contributed by atoms with Crippen LogP contribution in [-0.4, -0.2) is 45.5 Å². The van der Waals surface area contributed by atoms with Gasteiger partial charge in [0.2, 0.25) is 11.8 Å². The van der Waals surface area contributed by atoms with Crippen LogP contribution >= 0.6 is 11.3 Å². The number of hydrogen-bond donors (Lipinski definition) is 2. The number of amides is 2. The number of rotatable bonds is 6. The number of benzene rings is 1. The number of hydrogen-bond acceptors (Lipinski definition) is 5. The van der Waals surface area contributed by atoms with Gasteiger partial charge >= 0.3 is 0 Å². The molecule has 1 aromatic heterocycles. The maximum absolute atomic E-state index is 13.2. The van der Waals surface area contributed by atoms with Crippen molar-refractivity contribution in [2.45, 2.75) is 66.2 Å². The molecule has 7 heteroatoms. The summed E-state index contributed by atoms with van der Waals surface area (Å²) in [5.41, 5.74) is 4.75. The number of nitrogens with zero attached hydrogens (tertiary/aromatic N) is 2. The van der Waals surface area contributed by atoms with Gasteiger partial charge < -0.3 is 15.3 Å². The number of nitrogens with one attached hydrogen (secondary N) is 1. The first-order valence-corrected chi connectivity index (χ1v) is 11.8. The third kappa shape index (κ3) is 5.33. The number of likely N-dealkylation sites (tertiary alicyclic amines) is 1. The lowest BCUT2D eigenvalue weighted by molar-refractivity contribution is -0.144. The highest BCUT2D eigenvalue weighted by atomic mass is 32.1. The molecule has 0 aliphatic carbocycles. The molecule has 1 fully saturated rings. The van der Waals surface area contributed by atoms with Crippen LogP contribution in [0.2, 0.25) is 0 Å². The summed E-state index contributed by atoms with van der Waals surface area (Å²) >= 11 is 1.61. The number of carbonyl (C=O) groups is 2. The summed E-state index contributed by atoms with van der Waals surface area (Å²) < 4.78 is 0. The molecule has 1 aromatic carbocycles. The van der Waals surface area contributed by atoms with Gasteiger partial charge in [-0.05, 0) is 29.9 Å². The molecule has 1 aliphatic heterocycles. The number of thiazole rings is 1. The topological polar surface area (TPSA) is 82.5 Å². The van der Waals surface area contributed by atoms with E-state index in [1.165, 1.54) is 0 Å². The fourth-order valence-electron chi connectivity index (χ4n) is 4.32. The maximum Gasteiger partial charge on any atom is 0.243 e. The average Bonchev–Trinajstić information content (AvgIpc) is 3.31. The third-order valence-electron chi connectivity index (χ3n) is 6.04. The zero-order valence-corrected chi connectivity index (χ0v) is 19.8. The van der Waals surface area contributed by atoms with Crippen molar-refractivity contribution in [3.05, 3.63) is 41.0 Å². The summed E-state index contributed by atoms with van der Waals surface area (Å²) in [5, 5.41) is 13.1. The molecular formula is C24H33N3O3S. The Morgan fingerprint density at radius 2 is 1.97 bits per heavy atom. The number of aliphatic hydroxyl groups excluding tert-OH is 1. The van der Waals surface area contributed by atoms with Gasteiger partial charge in [-0.1, -0.05) is 52.0 Å². The minimum Gasteiger partial charge on any atom is -0.391 e. The summed E-state index contributed by atoms with van der Waals surface area (Å²) in [6.45, 7) is 10.7. The Kier molecular flexibility index (Phi) is 7.17. The van der Waals surface area contributed by atoms with Crippen LogP contribution in [0.4, 0.5) is 0 Å². The quantitative estimate of drug-likeness (QED) is 0.712. The van der Waals surface area contributed by atoms with Crippen LogP contribution in [0.5, 0.6) is 0 Å². The van der Waals surface area contributed by atoms with E-state index in [4.69, 9.17) is 0 Å². The van der Waals surface area contributed by atoms with Crippen LogP contribution in [-0.2, 0) is 16.1 Å². The zero-order valence-electron chi connectivity index (χ0n) is 19.0. The molecule has 0 saturated carbocycles. The molecule has 2 heterocycles. The molecule has 31 heavy (non-hydrogen) atoms. The van der Waals surface area contributed by atoms with Crippen molar-refractivity contribution >= 4 is 23.2 Å². The summed E-state index contributed by atoms with van der Waals surface area (Å²) in [7, 11) is 0. The van der Waals surface area contributed by atoms with E-state index in [-0.39, 0.29) is 36.1 Å². The molecule has 0 bridgehead atoms. The molecule has 0 unspecified atom stereocenters. The van der Waals surface area contributed by atoms with E-state index in [0.29, 0.717) is 13.0 Å². The normalized spacial score (nSPS) is 20.0. The van der Waals surface area contributed by atoms with E-state index in [0.717, 1.165) is 21.7 Å². The molecule has 0 spiro atoms. The van der Waals surface area contributed by atoms with Gasteiger partial charge in [0.15, 0.2) is 0 Å². The second-order valence-corrected chi connectivity index (χ2v) is 10.3. The van der Waals surface area contributed by atoms with Gasteiger partial charge in [-0.3, -0.25) is 9.59 Å². The molecule has 2 amide bonds. The maximum atomic E-state index is 13.2. The van der Waals surface area contributed by atoms with Crippen molar-refractivity contribution in [1.29, 1.82) is 0 Å². The molecule has 168 valence electrons. The fraction of sp³-hybridized carbons (Fsp3) is 0.542. The smallest absolute Gasteiger partial charge is 0.243 e. The summed E-state index contributed by atoms with van der Waals surface area (Å²) in [5.74, 6) is -0.442. The van der Waals surface area contributed by atoms with E-state index >= 15 is 0 Å². The second-order valence-electron chi connectivity index (χ2n) is 9.40. The minimum atomic E-state index is -0.667. The van der Waals surface area contributed by atoms with Crippen LogP contribution in [0.15, 0.2) is 29.8 Å². The minimum absolute atomic E-state index is 0.0454. The van der Waals surface area contributed by atoms with Crippen LogP contribution < -0.4 is 5.32 Å². The number of carbonyl (C=O) groups excluding carboxylic acids is 2. The van der Waals surface area contributed by atoms with Gasteiger partial charge in [-0.2, -0.15) is 0 Å². The molecule has 6 nitrogen and oxygen atoms in total. The van der Waals surface area contributed by atoms with Crippen LogP contribution in [0, 0.1) is 18.3 Å². The largest absolute Gasteiger partial charge is 0.391 e. The van der Waals surface area contributed by atoms with Crippen LogP contribution in [0.25, 0.3) is 10.4 Å². The zero-order chi connectivity index (χ0) is 22.8. The van der Waals surface area contributed by atoms with Gasteiger partial charge in [-0.15, -0.1) is 11.3 Å². The number of aryl methyl sites for hydroxylation is 1. The molecule has 2 N–H and O–H groups in total. The Labute approximate surface area is 188 Å². The van der Waals surface area contributed by atoms with Crippen molar-refractivity contribution in [2.24, 2.45) is 11.3 Å². The van der Waals surface area contributed by atoms with Crippen LogP contribution in [0.3, 0.4) is 0 Å². The van der Waals surface area contributed by atoms with Crippen molar-refractivity contribution in [2.75, 3.05) is 6.54 Å². The lowest BCUT2D eigenvalue weighted by Gasteiger charge is -2.34. The van der Waals surface area contributed by atoms with Gasteiger partial charge in [0.25, 0.3) is 0 Å². The lowest BCUT2D eigenvalue weighted by Crippen LogP contribution is -2.49.